The summed E-state index contributed by atoms with van der Waals surface area (Å²) in [6, 6.07) is 60.8. The van der Waals surface area contributed by atoms with Crippen molar-refractivity contribution in [3.8, 4) is 33.4 Å². The molecule has 0 fully saturated rings. The summed E-state index contributed by atoms with van der Waals surface area (Å²) in [6.45, 7) is 0. The molecule has 0 spiro atoms. The van der Waals surface area contributed by atoms with Crippen molar-refractivity contribution in [2.45, 2.75) is 0 Å². The zero-order valence-electron chi connectivity index (χ0n) is 27.0. The van der Waals surface area contributed by atoms with Crippen LogP contribution in [0.2, 0.25) is 0 Å². The van der Waals surface area contributed by atoms with Crippen molar-refractivity contribution in [1.29, 1.82) is 0 Å². The number of hydrogen-bond donors (Lipinski definition) is 0. The second kappa shape index (κ2) is 10.4. The molecule has 0 radical (unpaired) electrons. The highest BCUT2D eigenvalue weighted by Crippen LogP contribution is 2.46. The van der Waals surface area contributed by atoms with Gasteiger partial charge in [0.15, 0.2) is 0 Å². The Morgan fingerprint density at radius 2 is 0.800 bits per heavy atom. The van der Waals surface area contributed by atoms with Crippen LogP contribution < -0.4 is 0 Å². The van der Waals surface area contributed by atoms with Crippen LogP contribution in [0.5, 0.6) is 0 Å². The average Bonchev–Trinajstić information content (AvgIpc) is 3.75. The summed E-state index contributed by atoms with van der Waals surface area (Å²) >= 11 is 0. The molecule has 11 aromatic rings. The molecular formula is C48H28O2. The highest BCUT2D eigenvalue weighted by molar-refractivity contribution is 6.23. The third kappa shape index (κ3) is 3.90. The van der Waals surface area contributed by atoms with Crippen molar-refractivity contribution in [3.63, 3.8) is 0 Å². The normalized spacial score (nSPS) is 12.0. The van der Waals surface area contributed by atoms with E-state index in [1.807, 2.05) is 12.1 Å². The van der Waals surface area contributed by atoms with Crippen molar-refractivity contribution >= 4 is 76.2 Å². The Kier molecular flexibility index (Phi) is 5.70. The van der Waals surface area contributed by atoms with Crippen LogP contribution in [0.3, 0.4) is 0 Å². The van der Waals surface area contributed by atoms with Crippen molar-refractivity contribution in [3.05, 3.63) is 170 Å². The molecule has 0 atom stereocenters. The van der Waals surface area contributed by atoms with Gasteiger partial charge in [-0.05, 0) is 85.1 Å². The van der Waals surface area contributed by atoms with Gasteiger partial charge in [0.1, 0.15) is 22.3 Å². The van der Waals surface area contributed by atoms with Gasteiger partial charge in [-0.25, -0.2) is 0 Å². The molecule has 0 N–H and O–H groups in total. The van der Waals surface area contributed by atoms with Crippen LogP contribution >= 0.6 is 0 Å². The van der Waals surface area contributed by atoms with Gasteiger partial charge in [0.25, 0.3) is 0 Å². The molecule has 0 aliphatic heterocycles. The number of hydrogen-bond acceptors (Lipinski definition) is 2. The van der Waals surface area contributed by atoms with E-state index in [-0.39, 0.29) is 0 Å². The highest BCUT2D eigenvalue weighted by atomic mass is 16.3. The highest BCUT2D eigenvalue weighted by Gasteiger charge is 2.19. The molecule has 0 saturated heterocycles. The SMILES string of the molecule is c1cc(-c2c3ccccc3c(-c3ccc4c(c3)oc3c5ccccc5ccc43)c3ccccc23)cc(-c2cccc3c2oc2ccccc23)c1. The molecule has 11 rings (SSSR count). The van der Waals surface area contributed by atoms with Gasteiger partial charge < -0.3 is 8.83 Å². The van der Waals surface area contributed by atoms with Crippen LogP contribution in [-0.4, -0.2) is 0 Å². The Morgan fingerprint density at radius 1 is 0.280 bits per heavy atom. The van der Waals surface area contributed by atoms with Gasteiger partial charge in [-0.15, -0.1) is 0 Å². The molecule has 0 aliphatic rings. The van der Waals surface area contributed by atoms with Crippen LogP contribution in [-0.2, 0) is 0 Å². The predicted octanol–water partition coefficient (Wildman–Crippen LogP) is 13.9. The van der Waals surface area contributed by atoms with Crippen LogP contribution in [0, 0.1) is 0 Å². The number of fused-ring (bicyclic) bond motifs is 10. The minimum Gasteiger partial charge on any atom is -0.455 e. The van der Waals surface area contributed by atoms with E-state index in [9.17, 15) is 0 Å². The van der Waals surface area contributed by atoms with E-state index in [1.54, 1.807) is 0 Å². The molecule has 9 aromatic carbocycles. The molecule has 0 aliphatic carbocycles. The zero-order chi connectivity index (χ0) is 32.8. The van der Waals surface area contributed by atoms with Gasteiger partial charge in [0.05, 0.1) is 0 Å². The maximum absolute atomic E-state index is 6.64. The number of furan rings is 2. The largest absolute Gasteiger partial charge is 0.455 e. The summed E-state index contributed by atoms with van der Waals surface area (Å²) in [5, 5.41) is 11.8. The molecular weight excluding hydrogens is 609 g/mol. The summed E-state index contributed by atoms with van der Waals surface area (Å²) in [5.74, 6) is 0. The molecule has 2 nitrogen and oxygen atoms in total. The summed E-state index contributed by atoms with van der Waals surface area (Å²) in [4.78, 5) is 0. The lowest BCUT2D eigenvalue weighted by molar-refractivity contribution is 0.670. The van der Waals surface area contributed by atoms with Crippen molar-refractivity contribution in [2.75, 3.05) is 0 Å². The first-order chi connectivity index (χ1) is 24.8. The first-order valence-electron chi connectivity index (χ1n) is 17.1. The van der Waals surface area contributed by atoms with Crippen LogP contribution in [0.15, 0.2) is 179 Å². The van der Waals surface area contributed by atoms with E-state index in [1.165, 1.54) is 43.6 Å². The fourth-order valence-corrected chi connectivity index (χ4v) is 8.23. The fourth-order valence-electron chi connectivity index (χ4n) is 8.23. The summed E-state index contributed by atoms with van der Waals surface area (Å²) in [7, 11) is 0. The third-order valence-corrected chi connectivity index (χ3v) is 10.5. The number of para-hydroxylation sites is 2. The second-order valence-electron chi connectivity index (χ2n) is 13.2. The first-order valence-corrected chi connectivity index (χ1v) is 17.1. The molecule has 0 amide bonds. The Morgan fingerprint density at radius 3 is 1.56 bits per heavy atom. The lowest BCUT2D eigenvalue weighted by Gasteiger charge is -2.18. The minimum absolute atomic E-state index is 0.901. The summed E-state index contributed by atoms with van der Waals surface area (Å²) < 4.78 is 13.1. The van der Waals surface area contributed by atoms with E-state index in [0.717, 1.165) is 66.0 Å². The van der Waals surface area contributed by atoms with Crippen molar-refractivity contribution in [1.82, 2.24) is 0 Å². The van der Waals surface area contributed by atoms with Gasteiger partial charge >= 0.3 is 0 Å². The third-order valence-electron chi connectivity index (χ3n) is 10.5. The maximum Gasteiger partial charge on any atom is 0.143 e. The van der Waals surface area contributed by atoms with Gasteiger partial charge in [-0.1, -0.05) is 140 Å². The Bertz CT molecular complexity index is 3100. The van der Waals surface area contributed by atoms with Gasteiger partial charge in [-0.3, -0.25) is 0 Å². The summed E-state index contributed by atoms with van der Waals surface area (Å²) in [6.07, 6.45) is 0. The minimum atomic E-state index is 0.901. The molecule has 2 heterocycles. The van der Waals surface area contributed by atoms with E-state index < -0.39 is 0 Å². The van der Waals surface area contributed by atoms with Crippen LogP contribution in [0.1, 0.15) is 0 Å². The quantitative estimate of drug-likeness (QED) is 0.180. The first kappa shape index (κ1) is 27.3. The average molecular weight is 637 g/mol. The van der Waals surface area contributed by atoms with Crippen molar-refractivity contribution < 1.29 is 8.83 Å². The van der Waals surface area contributed by atoms with Crippen molar-refractivity contribution in [2.24, 2.45) is 0 Å². The Hall–Kier alpha value is -6.64. The Balaban J connectivity index is 1.14. The summed E-state index contributed by atoms with van der Waals surface area (Å²) in [5.41, 5.74) is 10.7. The van der Waals surface area contributed by atoms with E-state index in [0.29, 0.717) is 0 Å². The monoisotopic (exact) mass is 636 g/mol. The molecule has 2 aromatic heterocycles. The second-order valence-corrected chi connectivity index (χ2v) is 13.2. The van der Waals surface area contributed by atoms with E-state index in [4.69, 9.17) is 8.83 Å². The lowest BCUT2D eigenvalue weighted by atomic mass is 9.85. The topological polar surface area (TPSA) is 26.3 Å². The standard InChI is InChI=1S/C48H28O2/c1-2-14-33-29(11-1)23-26-42-36-25-24-32(28-44(36)50-47(33)42)46-39-18-5-3-16-37(39)45(38-17-4-6-19-40(38)46)31-13-9-12-30(27-31)34-20-10-21-41-35-15-7-8-22-43(35)49-48(34)41/h1-28H. The molecule has 2 heteroatoms. The lowest BCUT2D eigenvalue weighted by Crippen LogP contribution is -1.91. The van der Waals surface area contributed by atoms with Crippen LogP contribution in [0.25, 0.3) is 110 Å². The molecule has 0 unspecified atom stereocenters. The number of rotatable bonds is 3. The van der Waals surface area contributed by atoms with Gasteiger partial charge in [-0.2, -0.15) is 0 Å². The predicted molar refractivity (Wildman–Crippen MR) is 210 cm³/mol. The van der Waals surface area contributed by atoms with Gasteiger partial charge in [0, 0.05) is 32.5 Å². The fraction of sp³-hybridized carbons (Fsp3) is 0. The molecule has 0 bridgehead atoms. The molecule has 232 valence electrons. The maximum atomic E-state index is 6.64. The molecule has 50 heavy (non-hydrogen) atoms. The van der Waals surface area contributed by atoms with Crippen LogP contribution in [0.4, 0.5) is 0 Å². The zero-order valence-corrected chi connectivity index (χ0v) is 27.0. The van der Waals surface area contributed by atoms with E-state index in [2.05, 4.69) is 158 Å². The Labute approximate surface area is 287 Å². The molecule has 0 saturated carbocycles. The smallest absolute Gasteiger partial charge is 0.143 e. The van der Waals surface area contributed by atoms with Gasteiger partial charge in [0.2, 0.25) is 0 Å². The van der Waals surface area contributed by atoms with E-state index >= 15 is 0 Å². The number of benzene rings is 9.